The highest BCUT2D eigenvalue weighted by Gasteiger charge is 2.30. The van der Waals surface area contributed by atoms with E-state index >= 15 is 0 Å². The molecule has 4 rings (SSSR count). The molecule has 166 valence electrons. The van der Waals surface area contributed by atoms with Gasteiger partial charge in [0.05, 0.1) is 32.2 Å². The number of aromatic nitrogens is 3. The summed E-state index contributed by atoms with van der Waals surface area (Å²) in [5.41, 5.74) is 6.92. The van der Waals surface area contributed by atoms with Crippen LogP contribution in [0.5, 0.6) is 5.75 Å². The summed E-state index contributed by atoms with van der Waals surface area (Å²) in [6.07, 6.45) is 4.36. The van der Waals surface area contributed by atoms with Gasteiger partial charge in [0.2, 0.25) is 15.8 Å². The van der Waals surface area contributed by atoms with E-state index in [1.165, 1.54) is 29.9 Å². The van der Waals surface area contributed by atoms with Crippen LogP contribution in [0.15, 0.2) is 53.8 Å². The molecule has 1 saturated heterocycles. The summed E-state index contributed by atoms with van der Waals surface area (Å²) < 4.78 is 38.4. The topological polar surface area (TPSA) is 138 Å². The molecule has 32 heavy (non-hydrogen) atoms. The van der Waals surface area contributed by atoms with Crippen molar-refractivity contribution >= 4 is 21.6 Å². The van der Waals surface area contributed by atoms with Crippen LogP contribution < -0.4 is 10.5 Å². The van der Waals surface area contributed by atoms with Gasteiger partial charge >= 0.3 is 0 Å². The van der Waals surface area contributed by atoms with E-state index < -0.39 is 15.8 Å². The van der Waals surface area contributed by atoms with E-state index in [0.29, 0.717) is 30.0 Å². The van der Waals surface area contributed by atoms with Crippen molar-refractivity contribution in [3.8, 4) is 17.0 Å². The van der Waals surface area contributed by atoms with Gasteiger partial charge in [-0.2, -0.15) is 4.31 Å². The Balaban J connectivity index is 1.76. The number of methoxy groups -OCH3 is 1. The summed E-state index contributed by atoms with van der Waals surface area (Å²) in [6, 6.07) is 7.89. The number of benzene rings is 1. The van der Waals surface area contributed by atoms with Crippen LogP contribution in [0.3, 0.4) is 0 Å². The lowest BCUT2D eigenvalue weighted by Crippen LogP contribution is -2.40. The van der Waals surface area contributed by atoms with Crippen LogP contribution in [-0.2, 0) is 14.8 Å². The van der Waals surface area contributed by atoms with Crippen molar-refractivity contribution in [3.63, 3.8) is 0 Å². The Bertz CT molecular complexity index is 1240. The average molecular weight is 455 g/mol. The normalized spacial score (nSPS) is 14.8. The molecule has 0 radical (unpaired) electrons. The molecule has 0 spiro atoms. The smallest absolute Gasteiger partial charge is 0.246 e. The number of anilines is 1. The lowest BCUT2D eigenvalue weighted by Gasteiger charge is -2.26. The number of nitrogens with zero attached hydrogens (tertiary/aromatic N) is 4. The first kappa shape index (κ1) is 21.8. The third-order valence-corrected chi connectivity index (χ3v) is 6.91. The molecule has 3 aromatic rings. The number of ketones is 1. The zero-order valence-corrected chi connectivity index (χ0v) is 18.1. The largest absolute Gasteiger partial charge is 0.495 e. The summed E-state index contributed by atoms with van der Waals surface area (Å²) in [5, 5.41) is 0. The Kier molecular flexibility index (Phi) is 6.12. The molecule has 0 unspecified atom stereocenters. The molecule has 0 atom stereocenters. The molecule has 0 amide bonds. The Labute approximate surface area is 185 Å². The van der Waals surface area contributed by atoms with E-state index in [1.54, 1.807) is 30.5 Å². The monoisotopic (exact) mass is 455 g/mol. The maximum Gasteiger partial charge on any atom is 0.246 e. The number of hydrogen-bond acceptors (Lipinski definition) is 9. The van der Waals surface area contributed by atoms with Crippen molar-refractivity contribution in [2.24, 2.45) is 0 Å². The van der Waals surface area contributed by atoms with Crippen LogP contribution in [0.1, 0.15) is 16.1 Å². The van der Waals surface area contributed by atoms with Gasteiger partial charge in [-0.3, -0.25) is 9.78 Å². The number of rotatable bonds is 6. The second-order valence-corrected chi connectivity index (χ2v) is 8.85. The van der Waals surface area contributed by atoms with Crippen LogP contribution in [0.25, 0.3) is 11.3 Å². The van der Waals surface area contributed by atoms with Gasteiger partial charge in [-0.1, -0.05) is 0 Å². The third-order valence-electron chi connectivity index (χ3n) is 4.99. The van der Waals surface area contributed by atoms with Gasteiger partial charge in [-0.15, -0.1) is 0 Å². The second kappa shape index (κ2) is 8.99. The van der Waals surface area contributed by atoms with Gasteiger partial charge < -0.3 is 15.2 Å². The second-order valence-electron chi connectivity index (χ2n) is 6.94. The molecule has 10 nitrogen and oxygen atoms in total. The number of pyridine rings is 1. The summed E-state index contributed by atoms with van der Waals surface area (Å²) in [4.78, 5) is 25.2. The highest BCUT2D eigenvalue weighted by atomic mass is 32.2. The minimum Gasteiger partial charge on any atom is -0.495 e. The fourth-order valence-electron chi connectivity index (χ4n) is 3.30. The molecule has 11 heteroatoms. The number of nitrogens with two attached hydrogens (primary N) is 1. The van der Waals surface area contributed by atoms with Gasteiger partial charge in [0.25, 0.3) is 0 Å². The van der Waals surface area contributed by atoms with E-state index in [-0.39, 0.29) is 35.2 Å². The lowest BCUT2D eigenvalue weighted by molar-refractivity contribution is 0.0729. The van der Waals surface area contributed by atoms with Crippen LogP contribution in [0.4, 0.5) is 5.82 Å². The Morgan fingerprint density at radius 3 is 2.66 bits per heavy atom. The van der Waals surface area contributed by atoms with Crippen LogP contribution in [0.2, 0.25) is 0 Å². The Morgan fingerprint density at radius 2 is 1.97 bits per heavy atom. The van der Waals surface area contributed by atoms with Crippen LogP contribution in [0, 0.1) is 0 Å². The van der Waals surface area contributed by atoms with Crippen molar-refractivity contribution in [3.05, 3.63) is 60.2 Å². The number of morpholine rings is 1. The van der Waals surface area contributed by atoms with Crippen molar-refractivity contribution in [1.29, 1.82) is 0 Å². The molecule has 1 aliphatic heterocycles. The number of sulfonamides is 1. The SMILES string of the molecule is COc1ccc(-c2cnc(N)c(C(=O)c3cccnc3)n2)cc1S(=O)(=O)N1CCOCC1. The van der Waals surface area contributed by atoms with Crippen molar-refractivity contribution in [2.45, 2.75) is 4.90 Å². The van der Waals surface area contributed by atoms with Crippen molar-refractivity contribution < 1.29 is 22.7 Å². The maximum atomic E-state index is 13.2. The Hall–Kier alpha value is -3.41. The average Bonchev–Trinajstić information content (AvgIpc) is 2.84. The molecule has 2 N–H and O–H groups in total. The number of ether oxygens (including phenoxy) is 2. The fourth-order valence-corrected chi connectivity index (χ4v) is 4.89. The molecule has 3 heterocycles. The number of carbonyl (C=O) groups excluding carboxylic acids is 1. The fraction of sp³-hybridized carbons (Fsp3) is 0.238. The maximum absolute atomic E-state index is 13.2. The number of nitrogen functional groups attached to an aromatic ring is 1. The molecule has 0 bridgehead atoms. The summed E-state index contributed by atoms with van der Waals surface area (Å²) in [6.45, 7) is 1.15. The standard InChI is InChI=1S/C21H21N5O5S/c1-30-17-5-4-14(11-18(17)32(28,29)26-7-9-31-10-8-26)16-13-24-21(22)19(25-16)20(27)15-3-2-6-23-12-15/h2-6,11-13H,7-10H2,1H3,(H2,22,24). The van der Waals surface area contributed by atoms with Gasteiger partial charge in [-0.05, 0) is 30.3 Å². The Morgan fingerprint density at radius 1 is 1.19 bits per heavy atom. The molecule has 2 aromatic heterocycles. The molecule has 1 aliphatic rings. The van der Waals surface area contributed by atoms with Gasteiger partial charge in [0.1, 0.15) is 10.6 Å². The van der Waals surface area contributed by atoms with Crippen molar-refractivity contribution in [1.82, 2.24) is 19.3 Å². The summed E-state index contributed by atoms with van der Waals surface area (Å²) >= 11 is 0. The highest BCUT2D eigenvalue weighted by Crippen LogP contribution is 2.32. The first-order valence-electron chi connectivity index (χ1n) is 9.75. The molecule has 0 aliphatic carbocycles. The molecule has 1 fully saturated rings. The summed E-state index contributed by atoms with van der Waals surface area (Å²) in [5.74, 6) is -0.257. The lowest BCUT2D eigenvalue weighted by atomic mass is 10.1. The zero-order chi connectivity index (χ0) is 22.7. The van der Waals surface area contributed by atoms with Crippen molar-refractivity contribution in [2.75, 3.05) is 39.1 Å². The third kappa shape index (κ3) is 4.17. The number of hydrogen-bond donors (Lipinski definition) is 1. The van der Waals surface area contributed by atoms with Crippen LogP contribution >= 0.6 is 0 Å². The molecular formula is C21H21N5O5S. The first-order chi connectivity index (χ1) is 15.4. The molecule has 0 saturated carbocycles. The summed E-state index contributed by atoms with van der Waals surface area (Å²) in [7, 11) is -2.43. The van der Waals surface area contributed by atoms with Gasteiger partial charge in [-0.25, -0.2) is 18.4 Å². The first-order valence-corrected chi connectivity index (χ1v) is 11.2. The van der Waals surface area contributed by atoms with Gasteiger partial charge in [0.15, 0.2) is 11.5 Å². The highest BCUT2D eigenvalue weighted by molar-refractivity contribution is 7.89. The molecule has 1 aromatic carbocycles. The van der Waals surface area contributed by atoms with Crippen LogP contribution in [-0.4, -0.2) is 66.9 Å². The van der Waals surface area contributed by atoms with E-state index in [4.69, 9.17) is 15.2 Å². The van der Waals surface area contributed by atoms with E-state index in [2.05, 4.69) is 15.0 Å². The molecular weight excluding hydrogens is 434 g/mol. The van der Waals surface area contributed by atoms with Gasteiger partial charge in [0, 0.05) is 36.6 Å². The predicted octanol–water partition coefficient (Wildman–Crippen LogP) is 1.38. The quantitative estimate of drug-likeness (QED) is 0.546. The zero-order valence-electron chi connectivity index (χ0n) is 17.3. The van der Waals surface area contributed by atoms with E-state index in [1.807, 2.05) is 0 Å². The number of carbonyl (C=O) groups is 1. The van der Waals surface area contributed by atoms with E-state index in [0.717, 1.165) is 0 Å². The predicted molar refractivity (Wildman–Crippen MR) is 116 cm³/mol. The van der Waals surface area contributed by atoms with E-state index in [9.17, 15) is 13.2 Å². The minimum atomic E-state index is -3.83. The minimum absolute atomic E-state index is 0.00170.